The number of nitrogens with zero attached hydrogens (tertiary/aromatic N) is 1. The maximum Gasteiger partial charge on any atom is 0.0558 e. The second-order valence-corrected chi connectivity index (χ2v) is 7.03. The van der Waals surface area contributed by atoms with E-state index in [0.29, 0.717) is 6.54 Å². The molecule has 2 heteroatoms. The fourth-order valence-corrected chi connectivity index (χ4v) is 3.47. The number of hydrogen-bond acceptors (Lipinski definition) is 2. The minimum absolute atomic E-state index is 0.201. The Hall–Kier alpha value is -1.12. The molecule has 0 aromatic heterocycles. The van der Waals surface area contributed by atoms with Gasteiger partial charge in [0.1, 0.15) is 0 Å². The van der Waals surface area contributed by atoms with Gasteiger partial charge in [-0.3, -0.25) is 4.90 Å². The van der Waals surface area contributed by atoms with Gasteiger partial charge < -0.3 is 5.11 Å². The fourth-order valence-electron chi connectivity index (χ4n) is 3.47. The lowest BCUT2D eigenvalue weighted by atomic mass is 10.0. The summed E-state index contributed by atoms with van der Waals surface area (Å²) in [6, 6.07) is 10.7. The highest BCUT2D eigenvalue weighted by Gasteiger charge is 2.16. The monoisotopic (exact) mass is 345 g/mol. The third kappa shape index (κ3) is 9.81. The van der Waals surface area contributed by atoms with Crippen molar-refractivity contribution in [2.75, 3.05) is 19.7 Å². The van der Waals surface area contributed by atoms with E-state index >= 15 is 0 Å². The molecule has 0 heterocycles. The van der Waals surface area contributed by atoms with Gasteiger partial charge in [0.15, 0.2) is 0 Å². The number of unbranched alkanes of at least 4 members (excludes halogenated alkanes) is 9. The lowest BCUT2D eigenvalue weighted by molar-refractivity contribution is 0.168. The second-order valence-electron chi connectivity index (χ2n) is 7.03. The Morgan fingerprint density at radius 3 is 1.96 bits per heavy atom. The zero-order valence-electron chi connectivity index (χ0n) is 16.3. The van der Waals surface area contributed by atoms with Crippen LogP contribution in [0.25, 0.3) is 0 Å². The van der Waals surface area contributed by atoms with E-state index in [9.17, 15) is 5.11 Å². The van der Waals surface area contributed by atoms with E-state index in [1.54, 1.807) is 0 Å². The van der Waals surface area contributed by atoms with Crippen molar-refractivity contribution < 1.29 is 5.11 Å². The maximum atomic E-state index is 9.41. The largest absolute Gasteiger partial charge is 0.395 e. The molecule has 25 heavy (non-hydrogen) atoms. The molecule has 1 aromatic rings. The molecule has 1 N–H and O–H groups in total. The molecule has 0 saturated heterocycles. The number of aliphatic hydroxyl groups excluding tert-OH is 1. The van der Waals surface area contributed by atoms with E-state index in [1.807, 2.05) is 12.1 Å². The summed E-state index contributed by atoms with van der Waals surface area (Å²) in [5.74, 6) is 0. The first kappa shape index (κ1) is 21.9. The summed E-state index contributed by atoms with van der Waals surface area (Å²) in [6.07, 6.45) is 15.5. The Bertz CT molecular complexity index is 417. The highest BCUT2D eigenvalue weighted by molar-refractivity contribution is 5.22. The van der Waals surface area contributed by atoms with Gasteiger partial charge in [-0.15, -0.1) is 6.58 Å². The third-order valence-electron chi connectivity index (χ3n) is 4.94. The van der Waals surface area contributed by atoms with Crippen LogP contribution >= 0.6 is 0 Å². The zero-order valence-corrected chi connectivity index (χ0v) is 16.3. The summed E-state index contributed by atoms with van der Waals surface area (Å²) >= 11 is 0. The van der Waals surface area contributed by atoms with Crippen LogP contribution in [-0.4, -0.2) is 29.7 Å². The SMILES string of the molecule is C=CC(c1ccccc1)N(CCO)CCCCCCCCCCCC. The van der Waals surface area contributed by atoms with Crippen LogP contribution < -0.4 is 0 Å². The Labute approximate surface area is 155 Å². The molecular formula is C23H39NO. The van der Waals surface area contributed by atoms with Gasteiger partial charge in [0.25, 0.3) is 0 Å². The zero-order chi connectivity index (χ0) is 18.2. The van der Waals surface area contributed by atoms with Gasteiger partial charge in [0.2, 0.25) is 0 Å². The number of benzene rings is 1. The second kappa shape index (κ2) is 15.2. The molecule has 0 aliphatic carbocycles. The molecule has 1 rings (SSSR count). The number of hydrogen-bond donors (Lipinski definition) is 1. The first-order valence-electron chi connectivity index (χ1n) is 10.4. The van der Waals surface area contributed by atoms with Gasteiger partial charge in [-0.05, 0) is 18.5 Å². The lowest BCUT2D eigenvalue weighted by Gasteiger charge is -2.29. The average Bonchev–Trinajstić information content (AvgIpc) is 2.64. The van der Waals surface area contributed by atoms with Crippen LogP contribution in [-0.2, 0) is 0 Å². The van der Waals surface area contributed by atoms with Crippen LogP contribution in [0.4, 0.5) is 0 Å². The Morgan fingerprint density at radius 2 is 1.44 bits per heavy atom. The quantitative estimate of drug-likeness (QED) is 0.288. The first-order chi connectivity index (χ1) is 12.3. The third-order valence-corrected chi connectivity index (χ3v) is 4.94. The molecule has 0 aliphatic heterocycles. The standard InChI is InChI=1S/C23H39NO/c1-3-5-6-7-8-9-10-11-12-16-19-24(20-21-25)23(4-2)22-17-14-13-15-18-22/h4,13-15,17-18,23,25H,2-3,5-12,16,19-21H2,1H3. The summed E-state index contributed by atoms with van der Waals surface area (Å²) < 4.78 is 0. The van der Waals surface area contributed by atoms with Crippen molar-refractivity contribution in [1.29, 1.82) is 0 Å². The van der Waals surface area contributed by atoms with Crippen molar-refractivity contribution in [3.8, 4) is 0 Å². The topological polar surface area (TPSA) is 23.5 Å². The minimum Gasteiger partial charge on any atom is -0.395 e. The van der Waals surface area contributed by atoms with Gasteiger partial charge >= 0.3 is 0 Å². The molecule has 142 valence electrons. The highest BCUT2D eigenvalue weighted by atomic mass is 16.3. The Kier molecular flexibility index (Phi) is 13.3. The molecule has 0 amide bonds. The highest BCUT2D eigenvalue weighted by Crippen LogP contribution is 2.22. The molecule has 0 saturated carbocycles. The van der Waals surface area contributed by atoms with Crippen LogP contribution in [0, 0.1) is 0 Å². The summed E-state index contributed by atoms with van der Waals surface area (Å²) in [5, 5.41) is 9.41. The molecule has 2 nitrogen and oxygen atoms in total. The van der Waals surface area contributed by atoms with Crippen molar-refractivity contribution in [1.82, 2.24) is 4.90 Å². The van der Waals surface area contributed by atoms with Gasteiger partial charge in [-0.2, -0.15) is 0 Å². The van der Waals surface area contributed by atoms with Crippen molar-refractivity contribution in [3.05, 3.63) is 48.6 Å². The molecule has 1 atom stereocenters. The van der Waals surface area contributed by atoms with Crippen molar-refractivity contribution >= 4 is 0 Å². The number of rotatable bonds is 16. The minimum atomic E-state index is 0.201. The molecule has 0 spiro atoms. The smallest absolute Gasteiger partial charge is 0.0558 e. The molecule has 0 fully saturated rings. The normalized spacial score (nSPS) is 12.4. The van der Waals surface area contributed by atoms with Crippen LogP contribution in [0.3, 0.4) is 0 Å². The van der Waals surface area contributed by atoms with Crippen LogP contribution in [0.2, 0.25) is 0 Å². The number of aliphatic hydroxyl groups is 1. The summed E-state index contributed by atoms with van der Waals surface area (Å²) in [6.45, 7) is 8.23. The Balaban J connectivity index is 2.23. The molecule has 1 unspecified atom stereocenters. The lowest BCUT2D eigenvalue weighted by Crippen LogP contribution is -2.31. The predicted octanol–water partition coefficient (Wildman–Crippen LogP) is 6.13. The summed E-state index contributed by atoms with van der Waals surface area (Å²) in [4.78, 5) is 2.35. The summed E-state index contributed by atoms with van der Waals surface area (Å²) in [7, 11) is 0. The van der Waals surface area contributed by atoms with Crippen LogP contribution in [0.1, 0.15) is 82.7 Å². The molecule has 1 aromatic carbocycles. The fraction of sp³-hybridized carbons (Fsp3) is 0.652. The molecule has 0 radical (unpaired) electrons. The van der Waals surface area contributed by atoms with Crippen molar-refractivity contribution in [3.63, 3.8) is 0 Å². The average molecular weight is 346 g/mol. The van der Waals surface area contributed by atoms with Crippen molar-refractivity contribution in [2.24, 2.45) is 0 Å². The Morgan fingerprint density at radius 1 is 0.880 bits per heavy atom. The van der Waals surface area contributed by atoms with Crippen LogP contribution in [0.5, 0.6) is 0 Å². The maximum absolute atomic E-state index is 9.41. The molecular weight excluding hydrogens is 306 g/mol. The van der Waals surface area contributed by atoms with Gasteiger partial charge in [-0.1, -0.05) is 101 Å². The van der Waals surface area contributed by atoms with E-state index in [0.717, 1.165) is 6.54 Å². The molecule has 0 bridgehead atoms. The van der Waals surface area contributed by atoms with Gasteiger partial charge in [0, 0.05) is 6.54 Å². The predicted molar refractivity (Wildman–Crippen MR) is 110 cm³/mol. The molecule has 0 aliphatic rings. The summed E-state index contributed by atoms with van der Waals surface area (Å²) in [5.41, 5.74) is 1.26. The van der Waals surface area contributed by atoms with E-state index in [2.05, 4.69) is 42.7 Å². The van der Waals surface area contributed by atoms with Gasteiger partial charge in [0.05, 0.1) is 12.6 Å². The van der Waals surface area contributed by atoms with E-state index in [1.165, 1.54) is 69.8 Å². The van der Waals surface area contributed by atoms with Crippen LogP contribution in [0.15, 0.2) is 43.0 Å². The van der Waals surface area contributed by atoms with E-state index in [4.69, 9.17) is 0 Å². The first-order valence-corrected chi connectivity index (χ1v) is 10.4. The van der Waals surface area contributed by atoms with Crippen molar-refractivity contribution in [2.45, 2.75) is 77.2 Å². The van der Waals surface area contributed by atoms with E-state index < -0.39 is 0 Å². The van der Waals surface area contributed by atoms with Gasteiger partial charge in [-0.25, -0.2) is 0 Å². The van der Waals surface area contributed by atoms with E-state index in [-0.39, 0.29) is 12.6 Å².